The van der Waals surface area contributed by atoms with E-state index in [0.29, 0.717) is 0 Å². The molecule has 0 saturated heterocycles. The third kappa shape index (κ3) is 4.57. The maximum Gasteiger partial charge on any atom is 0.323 e. The van der Waals surface area contributed by atoms with Gasteiger partial charge in [-0.15, -0.1) is 0 Å². The Balaban J connectivity index is 2.85. The van der Waals surface area contributed by atoms with Crippen LogP contribution in [0.15, 0.2) is 24.3 Å². The summed E-state index contributed by atoms with van der Waals surface area (Å²) in [7, 11) is 0. The number of urea groups is 1. The van der Waals surface area contributed by atoms with E-state index in [-0.39, 0.29) is 18.6 Å². The number of carboxylic acid groups (broad SMARTS) is 1. The first-order valence-electron chi connectivity index (χ1n) is 6.83. The molecule has 2 amide bonds. The molecule has 1 aromatic carbocycles. The molecule has 0 spiro atoms. The van der Waals surface area contributed by atoms with Crippen LogP contribution < -0.4 is 5.32 Å². The number of aliphatic carboxylic acids is 1. The van der Waals surface area contributed by atoms with Gasteiger partial charge in [-0.25, -0.2) is 4.79 Å². The highest BCUT2D eigenvalue weighted by Crippen LogP contribution is 2.17. The van der Waals surface area contributed by atoms with Crippen molar-refractivity contribution in [3.05, 3.63) is 29.8 Å². The highest BCUT2D eigenvalue weighted by molar-refractivity contribution is 5.92. The van der Waals surface area contributed by atoms with Gasteiger partial charge in [-0.2, -0.15) is 0 Å². The van der Waals surface area contributed by atoms with Gasteiger partial charge < -0.3 is 15.3 Å². The monoisotopic (exact) mass is 278 g/mol. The van der Waals surface area contributed by atoms with E-state index in [2.05, 4.69) is 12.2 Å². The fraction of sp³-hybridized carbons (Fsp3) is 0.467. The average molecular weight is 278 g/mol. The minimum absolute atomic E-state index is 0.176. The number of benzene rings is 1. The maximum atomic E-state index is 12.2. The van der Waals surface area contributed by atoms with Gasteiger partial charge in [0.2, 0.25) is 0 Å². The summed E-state index contributed by atoms with van der Waals surface area (Å²) in [5, 5.41) is 11.7. The molecule has 0 aliphatic carbocycles. The van der Waals surface area contributed by atoms with Gasteiger partial charge in [-0.1, -0.05) is 31.5 Å². The lowest BCUT2D eigenvalue weighted by Gasteiger charge is -2.25. The van der Waals surface area contributed by atoms with E-state index < -0.39 is 5.97 Å². The van der Waals surface area contributed by atoms with Gasteiger partial charge in [0.15, 0.2) is 0 Å². The van der Waals surface area contributed by atoms with E-state index >= 15 is 0 Å². The molecule has 110 valence electrons. The number of anilines is 1. The van der Waals surface area contributed by atoms with Gasteiger partial charge in [0.05, 0.1) is 0 Å². The maximum absolute atomic E-state index is 12.2. The minimum atomic E-state index is -1.02. The number of aryl methyl sites for hydroxylation is 1. The van der Waals surface area contributed by atoms with Crippen LogP contribution in [0.1, 0.15) is 32.8 Å². The highest BCUT2D eigenvalue weighted by atomic mass is 16.4. The van der Waals surface area contributed by atoms with Crippen LogP contribution in [0.5, 0.6) is 0 Å². The number of hydrogen-bond acceptors (Lipinski definition) is 2. The number of nitrogens with zero attached hydrogens (tertiary/aromatic N) is 1. The smallest absolute Gasteiger partial charge is 0.323 e. The number of amides is 2. The molecule has 5 heteroatoms. The van der Waals surface area contributed by atoms with E-state index in [1.54, 1.807) is 13.8 Å². The van der Waals surface area contributed by atoms with Crippen LogP contribution in [-0.4, -0.2) is 34.6 Å². The first-order valence-corrected chi connectivity index (χ1v) is 6.83. The largest absolute Gasteiger partial charge is 0.480 e. The first kappa shape index (κ1) is 16.0. The lowest BCUT2D eigenvalue weighted by molar-refractivity contribution is -0.137. The Labute approximate surface area is 119 Å². The predicted octanol–water partition coefficient (Wildman–Crippen LogP) is 2.97. The second-order valence-electron chi connectivity index (χ2n) is 4.95. The fourth-order valence-electron chi connectivity index (χ4n) is 1.95. The average Bonchev–Trinajstić information content (AvgIpc) is 2.38. The fourth-order valence-corrected chi connectivity index (χ4v) is 1.95. The zero-order chi connectivity index (χ0) is 15.1. The summed E-state index contributed by atoms with van der Waals surface area (Å²) in [4.78, 5) is 24.3. The van der Waals surface area contributed by atoms with Crippen molar-refractivity contribution in [2.24, 2.45) is 0 Å². The molecular formula is C15H22N2O3. The Kier molecular flexibility index (Phi) is 6.03. The molecule has 20 heavy (non-hydrogen) atoms. The Hall–Kier alpha value is -2.04. The molecule has 0 aromatic heterocycles. The number of nitrogens with one attached hydrogen (secondary N) is 1. The van der Waals surface area contributed by atoms with Crippen LogP contribution >= 0.6 is 0 Å². The summed E-state index contributed by atoms with van der Waals surface area (Å²) in [6, 6.07) is 7.03. The molecule has 0 bridgehead atoms. The minimum Gasteiger partial charge on any atom is -0.480 e. The molecule has 0 radical (unpaired) electrons. The molecule has 0 heterocycles. The zero-order valence-corrected chi connectivity index (χ0v) is 12.2. The van der Waals surface area contributed by atoms with E-state index in [9.17, 15) is 9.59 Å². The van der Waals surface area contributed by atoms with E-state index in [1.807, 2.05) is 24.3 Å². The summed E-state index contributed by atoms with van der Waals surface area (Å²) < 4.78 is 0. The summed E-state index contributed by atoms with van der Waals surface area (Å²) in [6.07, 6.45) is 1.85. The SMILES string of the molecule is CCCc1ccccc1NC(=O)N(CC(=O)O)C(C)C. The van der Waals surface area contributed by atoms with E-state index in [0.717, 1.165) is 24.1 Å². The quantitative estimate of drug-likeness (QED) is 0.840. The molecular weight excluding hydrogens is 256 g/mol. The lowest BCUT2D eigenvalue weighted by Crippen LogP contribution is -2.43. The third-order valence-electron chi connectivity index (χ3n) is 2.97. The third-order valence-corrected chi connectivity index (χ3v) is 2.97. The number of rotatable bonds is 6. The van der Waals surface area contributed by atoms with Crippen molar-refractivity contribution in [3.63, 3.8) is 0 Å². The van der Waals surface area contributed by atoms with Gasteiger partial charge in [0.1, 0.15) is 6.54 Å². The highest BCUT2D eigenvalue weighted by Gasteiger charge is 2.20. The van der Waals surface area contributed by atoms with Crippen LogP contribution in [-0.2, 0) is 11.2 Å². The molecule has 0 atom stereocenters. The van der Waals surface area contributed by atoms with Crippen molar-refractivity contribution < 1.29 is 14.7 Å². The van der Waals surface area contributed by atoms with Crippen molar-refractivity contribution in [1.29, 1.82) is 0 Å². The first-order chi connectivity index (χ1) is 9.45. The number of carboxylic acids is 1. The summed E-state index contributed by atoms with van der Waals surface area (Å²) >= 11 is 0. The van der Waals surface area contributed by atoms with E-state index in [4.69, 9.17) is 5.11 Å². The Morgan fingerprint density at radius 1 is 1.30 bits per heavy atom. The standard InChI is InChI=1S/C15H22N2O3/c1-4-7-12-8-5-6-9-13(12)16-15(20)17(11(2)3)10-14(18)19/h5-6,8-9,11H,4,7,10H2,1-3H3,(H,16,20)(H,18,19). The normalized spacial score (nSPS) is 10.4. The summed E-state index contributed by atoms with van der Waals surface area (Å²) in [5.41, 5.74) is 1.80. The van der Waals surface area contributed by atoms with Gasteiger partial charge >= 0.3 is 12.0 Å². The van der Waals surface area contributed by atoms with E-state index in [1.165, 1.54) is 4.90 Å². The van der Waals surface area contributed by atoms with Crippen LogP contribution in [0.25, 0.3) is 0 Å². The van der Waals surface area contributed by atoms with Gasteiger partial charge in [0.25, 0.3) is 0 Å². The van der Waals surface area contributed by atoms with Crippen LogP contribution in [0.4, 0.5) is 10.5 Å². The number of carbonyl (C=O) groups excluding carboxylic acids is 1. The number of carbonyl (C=O) groups is 2. The van der Waals surface area contributed by atoms with Crippen molar-refractivity contribution in [2.75, 3.05) is 11.9 Å². The molecule has 0 fully saturated rings. The second-order valence-corrected chi connectivity index (χ2v) is 4.95. The predicted molar refractivity (Wildman–Crippen MR) is 78.9 cm³/mol. The van der Waals surface area contributed by atoms with Gasteiger partial charge in [0, 0.05) is 11.7 Å². The van der Waals surface area contributed by atoms with Crippen LogP contribution in [0.2, 0.25) is 0 Å². The second kappa shape index (κ2) is 7.53. The van der Waals surface area contributed by atoms with Crippen molar-refractivity contribution in [2.45, 2.75) is 39.7 Å². The molecule has 1 rings (SSSR count). The molecule has 0 aliphatic rings. The number of hydrogen-bond donors (Lipinski definition) is 2. The van der Waals surface area contributed by atoms with Gasteiger partial charge in [-0.05, 0) is 31.9 Å². The summed E-state index contributed by atoms with van der Waals surface area (Å²) in [5.74, 6) is -1.02. The molecule has 5 nitrogen and oxygen atoms in total. The van der Waals surface area contributed by atoms with Crippen LogP contribution in [0.3, 0.4) is 0 Å². The Bertz CT molecular complexity index is 472. The summed E-state index contributed by atoms with van der Waals surface area (Å²) in [6.45, 7) is 5.35. The molecule has 0 saturated carbocycles. The van der Waals surface area contributed by atoms with Gasteiger partial charge in [-0.3, -0.25) is 4.79 Å². The molecule has 1 aromatic rings. The zero-order valence-electron chi connectivity index (χ0n) is 12.2. The number of para-hydroxylation sites is 1. The molecule has 2 N–H and O–H groups in total. The topological polar surface area (TPSA) is 69.6 Å². The Morgan fingerprint density at radius 2 is 1.95 bits per heavy atom. The van der Waals surface area contributed by atoms with Crippen molar-refractivity contribution >= 4 is 17.7 Å². The Morgan fingerprint density at radius 3 is 2.50 bits per heavy atom. The van der Waals surface area contributed by atoms with Crippen LogP contribution in [0, 0.1) is 0 Å². The lowest BCUT2D eigenvalue weighted by atomic mass is 10.1. The molecule has 0 aliphatic heterocycles. The van der Waals surface area contributed by atoms with Crippen molar-refractivity contribution in [3.8, 4) is 0 Å². The van der Waals surface area contributed by atoms with Crippen molar-refractivity contribution in [1.82, 2.24) is 4.90 Å². The molecule has 0 unspecified atom stereocenters.